The van der Waals surface area contributed by atoms with Gasteiger partial charge >= 0.3 is 0 Å². The van der Waals surface area contributed by atoms with E-state index in [0.29, 0.717) is 6.42 Å². The standard InChI is InChI=1S/C17H22N2OS/c1-13-10-14(2)19-16(11-13)21-9-8-17(18,12-20)15-6-4-3-5-7-15/h3-7,10-11,20H,8-9,12,18H2,1-2H3. The molecule has 1 heterocycles. The van der Waals surface area contributed by atoms with Crippen LogP contribution in [0.1, 0.15) is 23.2 Å². The number of benzene rings is 1. The summed E-state index contributed by atoms with van der Waals surface area (Å²) < 4.78 is 0. The number of hydrogen-bond acceptors (Lipinski definition) is 4. The van der Waals surface area contributed by atoms with Crippen LogP contribution in [-0.4, -0.2) is 22.5 Å². The Kier molecular flexibility index (Phi) is 5.39. The fraction of sp³-hybridized carbons (Fsp3) is 0.353. The maximum atomic E-state index is 9.67. The normalized spacial score (nSPS) is 13.9. The van der Waals surface area contributed by atoms with E-state index >= 15 is 0 Å². The molecule has 0 aliphatic heterocycles. The number of aromatic nitrogens is 1. The van der Waals surface area contributed by atoms with Crippen molar-refractivity contribution in [3.05, 3.63) is 59.3 Å². The van der Waals surface area contributed by atoms with Crippen molar-refractivity contribution in [1.82, 2.24) is 4.98 Å². The van der Waals surface area contributed by atoms with Crippen LogP contribution in [0.5, 0.6) is 0 Å². The largest absolute Gasteiger partial charge is 0.394 e. The van der Waals surface area contributed by atoms with Crippen LogP contribution < -0.4 is 5.73 Å². The van der Waals surface area contributed by atoms with E-state index in [-0.39, 0.29) is 6.61 Å². The number of pyridine rings is 1. The molecule has 2 rings (SSSR count). The Labute approximate surface area is 130 Å². The highest BCUT2D eigenvalue weighted by atomic mass is 32.2. The molecule has 0 amide bonds. The highest BCUT2D eigenvalue weighted by Crippen LogP contribution is 2.26. The fourth-order valence-electron chi connectivity index (χ4n) is 2.30. The molecule has 0 fully saturated rings. The van der Waals surface area contributed by atoms with E-state index in [1.807, 2.05) is 37.3 Å². The third-order valence-electron chi connectivity index (χ3n) is 3.50. The van der Waals surface area contributed by atoms with E-state index in [1.165, 1.54) is 5.56 Å². The Balaban J connectivity index is 2.00. The van der Waals surface area contributed by atoms with Gasteiger partial charge in [-0.25, -0.2) is 4.98 Å². The predicted octanol–water partition coefficient (Wildman–Crippen LogP) is 3.03. The Morgan fingerprint density at radius 3 is 2.52 bits per heavy atom. The van der Waals surface area contributed by atoms with Gasteiger partial charge in [0.15, 0.2) is 0 Å². The summed E-state index contributed by atoms with van der Waals surface area (Å²) in [5.74, 6) is 0.821. The van der Waals surface area contributed by atoms with E-state index < -0.39 is 5.54 Å². The van der Waals surface area contributed by atoms with Gasteiger partial charge in [-0.05, 0) is 43.5 Å². The molecule has 3 nitrogen and oxygen atoms in total. The van der Waals surface area contributed by atoms with Gasteiger partial charge in [-0.1, -0.05) is 30.3 Å². The molecule has 112 valence electrons. The van der Waals surface area contributed by atoms with Crippen molar-refractivity contribution < 1.29 is 5.11 Å². The van der Waals surface area contributed by atoms with E-state index in [1.54, 1.807) is 11.8 Å². The number of aryl methyl sites for hydroxylation is 2. The first-order chi connectivity index (χ1) is 10.0. The zero-order valence-electron chi connectivity index (χ0n) is 12.5. The third kappa shape index (κ3) is 4.30. The number of aliphatic hydroxyl groups is 1. The lowest BCUT2D eigenvalue weighted by atomic mass is 9.89. The summed E-state index contributed by atoms with van der Waals surface area (Å²) in [6.45, 7) is 4.02. The average Bonchev–Trinajstić information content (AvgIpc) is 2.47. The smallest absolute Gasteiger partial charge is 0.0965 e. The summed E-state index contributed by atoms with van der Waals surface area (Å²) in [6, 6.07) is 13.9. The van der Waals surface area contributed by atoms with Crippen LogP contribution in [-0.2, 0) is 5.54 Å². The van der Waals surface area contributed by atoms with Gasteiger partial charge in [-0.2, -0.15) is 0 Å². The highest BCUT2D eigenvalue weighted by molar-refractivity contribution is 7.99. The van der Waals surface area contributed by atoms with E-state index in [9.17, 15) is 5.11 Å². The Bertz CT molecular complexity index is 568. The van der Waals surface area contributed by atoms with Crippen LogP contribution in [0.15, 0.2) is 47.5 Å². The van der Waals surface area contributed by atoms with Crippen LogP contribution in [0.2, 0.25) is 0 Å². The van der Waals surface area contributed by atoms with Crippen LogP contribution in [0.25, 0.3) is 0 Å². The first-order valence-corrected chi connectivity index (χ1v) is 8.05. The maximum absolute atomic E-state index is 9.67. The number of aliphatic hydroxyl groups excluding tert-OH is 1. The van der Waals surface area contributed by atoms with Crippen molar-refractivity contribution in [2.45, 2.75) is 30.8 Å². The summed E-state index contributed by atoms with van der Waals surface area (Å²) in [7, 11) is 0. The van der Waals surface area contributed by atoms with Crippen LogP contribution in [0, 0.1) is 13.8 Å². The summed E-state index contributed by atoms with van der Waals surface area (Å²) in [5.41, 5.74) is 8.89. The maximum Gasteiger partial charge on any atom is 0.0965 e. The Morgan fingerprint density at radius 2 is 1.90 bits per heavy atom. The monoisotopic (exact) mass is 302 g/mol. The molecular formula is C17H22N2OS. The molecule has 1 atom stereocenters. The molecule has 0 saturated heterocycles. The molecule has 0 aliphatic rings. The van der Waals surface area contributed by atoms with Gasteiger partial charge in [0, 0.05) is 11.4 Å². The quantitative estimate of drug-likeness (QED) is 0.805. The molecule has 0 aliphatic carbocycles. The summed E-state index contributed by atoms with van der Waals surface area (Å²) in [5, 5.41) is 10.7. The minimum absolute atomic E-state index is 0.0577. The number of hydrogen-bond donors (Lipinski definition) is 2. The van der Waals surface area contributed by atoms with E-state index in [4.69, 9.17) is 5.73 Å². The van der Waals surface area contributed by atoms with Crippen molar-refractivity contribution in [2.75, 3.05) is 12.4 Å². The second kappa shape index (κ2) is 7.07. The van der Waals surface area contributed by atoms with Crippen molar-refractivity contribution in [2.24, 2.45) is 5.73 Å². The van der Waals surface area contributed by atoms with Gasteiger partial charge in [0.1, 0.15) is 0 Å². The summed E-state index contributed by atoms with van der Waals surface area (Å²) in [6.07, 6.45) is 0.701. The van der Waals surface area contributed by atoms with Crippen LogP contribution >= 0.6 is 11.8 Å². The molecule has 0 spiro atoms. The molecular weight excluding hydrogens is 280 g/mol. The molecule has 4 heteroatoms. The predicted molar refractivity (Wildman–Crippen MR) is 88.4 cm³/mol. The molecule has 0 radical (unpaired) electrons. The lowest BCUT2D eigenvalue weighted by molar-refractivity contribution is 0.193. The first-order valence-electron chi connectivity index (χ1n) is 7.07. The third-order valence-corrected chi connectivity index (χ3v) is 4.42. The lowest BCUT2D eigenvalue weighted by Gasteiger charge is -2.27. The fourth-order valence-corrected chi connectivity index (χ4v) is 3.45. The topological polar surface area (TPSA) is 59.1 Å². The molecule has 2 aromatic rings. The number of thioether (sulfide) groups is 1. The minimum Gasteiger partial charge on any atom is -0.394 e. The van der Waals surface area contributed by atoms with E-state index in [0.717, 1.165) is 22.0 Å². The molecule has 21 heavy (non-hydrogen) atoms. The molecule has 0 saturated carbocycles. The lowest BCUT2D eigenvalue weighted by Crippen LogP contribution is -2.41. The van der Waals surface area contributed by atoms with Gasteiger partial charge in [0.05, 0.1) is 17.2 Å². The first kappa shape index (κ1) is 16.0. The summed E-state index contributed by atoms with van der Waals surface area (Å²) >= 11 is 1.68. The average molecular weight is 302 g/mol. The summed E-state index contributed by atoms with van der Waals surface area (Å²) in [4.78, 5) is 4.51. The van der Waals surface area contributed by atoms with Crippen LogP contribution in [0.3, 0.4) is 0 Å². The van der Waals surface area contributed by atoms with Gasteiger partial charge in [0.2, 0.25) is 0 Å². The second-order valence-electron chi connectivity index (χ2n) is 5.40. The number of rotatable bonds is 6. The Morgan fingerprint density at radius 1 is 1.19 bits per heavy atom. The molecule has 3 N–H and O–H groups in total. The molecule has 1 aromatic carbocycles. The van der Waals surface area contributed by atoms with Crippen molar-refractivity contribution in [1.29, 1.82) is 0 Å². The zero-order valence-corrected chi connectivity index (χ0v) is 13.4. The molecule has 0 bridgehead atoms. The van der Waals surface area contributed by atoms with Gasteiger partial charge in [0.25, 0.3) is 0 Å². The van der Waals surface area contributed by atoms with Crippen LogP contribution in [0.4, 0.5) is 0 Å². The highest BCUT2D eigenvalue weighted by Gasteiger charge is 2.25. The number of nitrogens with zero attached hydrogens (tertiary/aromatic N) is 1. The molecule has 1 unspecified atom stereocenters. The zero-order chi connectivity index (χ0) is 15.3. The van der Waals surface area contributed by atoms with Gasteiger partial charge in [-0.15, -0.1) is 11.8 Å². The van der Waals surface area contributed by atoms with Crippen molar-refractivity contribution in [3.8, 4) is 0 Å². The number of nitrogens with two attached hydrogens (primary N) is 1. The van der Waals surface area contributed by atoms with Gasteiger partial charge in [-0.3, -0.25) is 0 Å². The second-order valence-corrected chi connectivity index (χ2v) is 6.52. The Hall–Kier alpha value is -1.36. The van der Waals surface area contributed by atoms with E-state index in [2.05, 4.69) is 24.0 Å². The molecule has 1 aromatic heterocycles. The minimum atomic E-state index is -0.687. The van der Waals surface area contributed by atoms with Gasteiger partial charge < -0.3 is 10.8 Å². The van der Waals surface area contributed by atoms with Crippen molar-refractivity contribution in [3.63, 3.8) is 0 Å². The van der Waals surface area contributed by atoms with Crippen molar-refractivity contribution >= 4 is 11.8 Å². The SMILES string of the molecule is Cc1cc(C)nc(SCCC(N)(CO)c2ccccc2)c1.